The van der Waals surface area contributed by atoms with E-state index in [0.717, 1.165) is 25.9 Å². The van der Waals surface area contributed by atoms with Gasteiger partial charge in [0.1, 0.15) is 18.8 Å². The van der Waals surface area contributed by atoms with Crippen LogP contribution in [0.3, 0.4) is 0 Å². The van der Waals surface area contributed by atoms with Gasteiger partial charge in [-0.15, -0.1) is 0 Å². The molecular weight excluding hydrogens is 326 g/mol. The predicted octanol–water partition coefficient (Wildman–Crippen LogP) is 0.534. The molecule has 2 N–H and O–H groups in total. The molecule has 8 nitrogen and oxygen atoms in total. The summed E-state index contributed by atoms with van der Waals surface area (Å²) in [5.41, 5.74) is 0. The summed E-state index contributed by atoms with van der Waals surface area (Å²) in [5, 5.41) is 9.48. The van der Waals surface area contributed by atoms with Gasteiger partial charge >= 0.3 is 5.97 Å². The van der Waals surface area contributed by atoms with Crippen LogP contribution in [0.2, 0.25) is 0 Å². The van der Waals surface area contributed by atoms with Crippen LogP contribution in [-0.2, 0) is 23.9 Å². The number of methoxy groups -OCH3 is 1. The van der Waals surface area contributed by atoms with Crippen LogP contribution in [0.15, 0.2) is 0 Å². The van der Waals surface area contributed by atoms with Crippen molar-refractivity contribution in [3.8, 4) is 0 Å². The Labute approximate surface area is 148 Å². The van der Waals surface area contributed by atoms with Crippen LogP contribution in [-0.4, -0.2) is 74.3 Å². The third-order valence-electron chi connectivity index (χ3n) is 4.26. The molecular formula is C17H29N3O5. The predicted molar refractivity (Wildman–Crippen MR) is 92.7 cm³/mol. The van der Waals surface area contributed by atoms with Crippen LogP contribution < -0.4 is 5.32 Å². The van der Waals surface area contributed by atoms with E-state index in [-0.39, 0.29) is 19.4 Å². The van der Waals surface area contributed by atoms with E-state index in [1.807, 2.05) is 0 Å². The number of amides is 1. The highest BCUT2D eigenvalue weighted by Crippen LogP contribution is 2.08. The van der Waals surface area contributed by atoms with Gasteiger partial charge in [-0.3, -0.25) is 14.5 Å². The van der Waals surface area contributed by atoms with Crippen molar-refractivity contribution in [1.29, 1.82) is 5.41 Å². The average Bonchev–Trinajstić information content (AvgIpc) is 2.64. The van der Waals surface area contributed by atoms with Gasteiger partial charge in [-0.2, -0.15) is 0 Å². The Morgan fingerprint density at radius 3 is 2.52 bits per heavy atom. The Morgan fingerprint density at radius 2 is 1.92 bits per heavy atom. The number of rotatable bonds is 11. The van der Waals surface area contributed by atoms with Gasteiger partial charge in [0.15, 0.2) is 5.78 Å². The van der Waals surface area contributed by atoms with Crippen molar-refractivity contribution in [2.24, 2.45) is 0 Å². The minimum Gasteiger partial charge on any atom is -0.463 e. The maximum Gasteiger partial charge on any atom is 0.328 e. The first-order valence-electron chi connectivity index (χ1n) is 8.73. The molecule has 0 aromatic heterocycles. The molecule has 1 saturated heterocycles. The fourth-order valence-corrected chi connectivity index (χ4v) is 2.56. The summed E-state index contributed by atoms with van der Waals surface area (Å²) in [6.45, 7) is 4.51. The molecule has 0 bridgehead atoms. The monoisotopic (exact) mass is 355 g/mol. The number of carbonyl (C=O) groups excluding carboxylic acids is 3. The van der Waals surface area contributed by atoms with Gasteiger partial charge in [-0.05, 0) is 39.3 Å². The number of nitrogens with one attached hydrogen (secondary N) is 2. The highest BCUT2D eigenvalue weighted by molar-refractivity contribution is 6.26. The van der Waals surface area contributed by atoms with Gasteiger partial charge in [0.25, 0.3) is 0 Å². The number of ether oxygens (including phenoxy) is 2. The van der Waals surface area contributed by atoms with Crippen LogP contribution in [0.1, 0.15) is 39.0 Å². The van der Waals surface area contributed by atoms with Gasteiger partial charge in [0, 0.05) is 20.1 Å². The quantitative estimate of drug-likeness (QED) is 0.413. The molecule has 1 rings (SSSR count). The molecule has 8 heteroatoms. The Hall–Kier alpha value is -1.80. The lowest BCUT2D eigenvalue weighted by Gasteiger charge is -2.26. The lowest BCUT2D eigenvalue weighted by molar-refractivity contribution is -0.149. The number of Topliss-reactive ketones (excluding diaryl/α,β-unsaturated/α-hetero) is 1. The molecule has 0 unspecified atom stereocenters. The molecule has 0 spiro atoms. The van der Waals surface area contributed by atoms with Crippen LogP contribution in [0, 0.1) is 5.41 Å². The highest BCUT2D eigenvalue weighted by atomic mass is 16.5. The fraction of sp³-hybridized carbons (Fsp3) is 0.765. The van der Waals surface area contributed by atoms with E-state index in [1.165, 1.54) is 13.5 Å². The molecule has 0 aromatic rings. The maximum atomic E-state index is 12.3. The molecule has 142 valence electrons. The van der Waals surface area contributed by atoms with Crippen molar-refractivity contribution in [2.75, 3.05) is 33.4 Å². The fourth-order valence-electron chi connectivity index (χ4n) is 2.56. The highest BCUT2D eigenvalue weighted by Gasteiger charge is 2.25. The number of hydrogen-bond donors (Lipinski definition) is 2. The standard InChI is InChI=1S/C17H29N3O5/c1-13(24-2)16(22)19-15(7-6-14(21)12-18)17(23)25-11-10-20-8-4-3-5-9-20/h12-13,15,18H,3-11H2,1-2H3,(H,19,22)/t13-,15-/m0/s1. The van der Waals surface area contributed by atoms with Gasteiger partial charge in [0.05, 0.1) is 6.21 Å². The van der Waals surface area contributed by atoms with E-state index in [2.05, 4.69) is 10.2 Å². The largest absolute Gasteiger partial charge is 0.463 e. The van der Waals surface area contributed by atoms with Gasteiger partial charge in [-0.1, -0.05) is 6.42 Å². The second-order valence-corrected chi connectivity index (χ2v) is 6.16. The molecule has 0 aromatic carbocycles. The Morgan fingerprint density at radius 1 is 1.24 bits per heavy atom. The average molecular weight is 355 g/mol. The van der Waals surface area contributed by atoms with Crippen molar-refractivity contribution < 1.29 is 23.9 Å². The second-order valence-electron chi connectivity index (χ2n) is 6.16. The number of hydrogen-bond acceptors (Lipinski definition) is 7. The van der Waals surface area contributed by atoms with E-state index in [1.54, 1.807) is 6.92 Å². The van der Waals surface area contributed by atoms with Crippen molar-refractivity contribution in [3.63, 3.8) is 0 Å². The summed E-state index contributed by atoms with van der Waals surface area (Å²) in [4.78, 5) is 37.8. The molecule has 1 amide bonds. The van der Waals surface area contributed by atoms with Crippen molar-refractivity contribution >= 4 is 23.9 Å². The van der Waals surface area contributed by atoms with Crippen molar-refractivity contribution in [2.45, 2.75) is 51.2 Å². The topological polar surface area (TPSA) is 109 Å². The number of nitrogens with zero attached hydrogens (tertiary/aromatic N) is 1. The third-order valence-corrected chi connectivity index (χ3v) is 4.26. The van der Waals surface area contributed by atoms with Crippen molar-refractivity contribution in [3.05, 3.63) is 0 Å². The summed E-state index contributed by atoms with van der Waals surface area (Å²) in [7, 11) is 1.40. The molecule has 1 aliphatic rings. The lowest BCUT2D eigenvalue weighted by Crippen LogP contribution is -2.46. The molecule has 1 fully saturated rings. The summed E-state index contributed by atoms with van der Waals surface area (Å²) < 4.78 is 10.2. The molecule has 0 aliphatic carbocycles. The van der Waals surface area contributed by atoms with E-state index >= 15 is 0 Å². The SMILES string of the molecule is CO[C@@H](C)C(=O)N[C@@H](CCC(=O)C=N)C(=O)OCCN1CCCCC1. The Bertz CT molecular complexity index is 463. The first-order valence-corrected chi connectivity index (χ1v) is 8.73. The van der Waals surface area contributed by atoms with Gasteiger partial charge in [0.2, 0.25) is 5.91 Å². The molecule has 0 saturated carbocycles. The molecule has 25 heavy (non-hydrogen) atoms. The number of esters is 1. The zero-order valence-corrected chi connectivity index (χ0v) is 15.1. The van der Waals surface area contributed by atoms with Crippen LogP contribution in [0.25, 0.3) is 0 Å². The van der Waals surface area contributed by atoms with E-state index in [4.69, 9.17) is 14.9 Å². The normalized spacial score (nSPS) is 17.4. The zero-order chi connectivity index (χ0) is 18.7. The number of carbonyl (C=O) groups is 3. The summed E-state index contributed by atoms with van der Waals surface area (Å²) in [5.74, 6) is -1.41. The Kier molecular flexibility index (Phi) is 9.94. The van der Waals surface area contributed by atoms with Crippen LogP contribution in [0.5, 0.6) is 0 Å². The molecule has 0 radical (unpaired) electrons. The number of likely N-dealkylation sites (tertiary alicyclic amines) is 1. The van der Waals surface area contributed by atoms with Crippen LogP contribution in [0.4, 0.5) is 0 Å². The summed E-state index contributed by atoms with van der Waals surface area (Å²) in [6, 6.07) is -0.921. The number of ketones is 1. The minimum absolute atomic E-state index is 0.00294. The first-order chi connectivity index (χ1) is 12.0. The molecule has 1 heterocycles. The first kappa shape index (κ1) is 21.2. The maximum absolute atomic E-state index is 12.3. The van der Waals surface area contributed by atoms with Gasteiger partial charge < -0.3 is 20.2 Å². The molecule has 2 atom stereocenters. The van der Waals surface area contributed by atoms with E-state index < -0.39 is 29.8 Å². The zero-order valence-electron chi connectivity index (χ0n) is 15.1. The van der Waals surface area contributed by atoms with E-state index in [9.17, 15) is 14.4 Å². The van der Waals surface area contributed by atoms with Gasteiger partial charge in [-0.25, -0.2) is 4.79 Å². The molecule has 1 aliphatic heterocycles. The lowest BCUT2D eigenvalue weighted by atomic mass is 10.1. The third kappa shape index (κ3) is 8.22. The number of piperidine rings is 1. The second kappa shape index (κ2) is 11.7. The van der Waals surface area contributed by atoms with Crippen LogP contribution >= 0.6 is 0 Å². The Balaban J connectivity index is 2.49. The summed E-state index contributed by atoms with van der Waals surface area (Å²) in [6.07, 6.45) is 3.65. The minimum atomic E-state index is -0.921. The van der Waals surface area contributed by atoms with Crippen molar-refractivity contribution in [1.82, 2.24) is 10.2 Å². The smallest absolute Gasteiger partial charge is 0.328 e. The summed E-state index contributed by atoms with van der Waals surface area (Å²) >= 11 is 0. The van der Waals surface area contributed by atoms with E-state index in [0.29, 0.717) is 12.8 Å².